The molecule has 3 nitrogen and oxygen atoms in total. The Morgan fingerprint density at radius 2 is 2.38 bits per heavy atom. The first-order chi connectivity index (χ1) is 6.25. The van der Waals surface area contributed by atoms with Crippen molar-refractivity contribution in [1.82, 2.24) is 0 Å². The van der Waals surface area contributed by atoms with Crippen LogP contribution in [0.15, 0.2) is 18.2 Å². The number of hydrogen-bond acceptors (Lipinski definition) is 3. The predicted octanol–water partition coefficient (Wildman–Crippen LogP) is 1.40. The predicted molar refractivity (Wildman–Crippen MR) is 49.2 cm³/mol. The number of nitrogens with two attached hydrogens (primary N) is 1. The highest BCUT2D eigenvalue weighted by Gasteiger charge is 2.13. The van der Waals surface area contributed by atoms with Gasteiger partial charge in [-0.2, -0.15) is 4.89 Å². The van der Waals surface area contributed by atoms with Gasteiger partial charge in [0.1, 0.15) is 6.61 Å². The molecule has 1 heterocycles. The second-order valence-electron chi connectivity index (χ2n) is 3.47. The third-order valence-corrected chi connectivity index (χ3v) is 2.05. The Kier molecular flexibility index (Phi) is 2.20. The van der Waals surface area contributed by atoms with Crippen molar-refractivity contribution in [3.05, 3.63) is 29.3 Å². The van der Waals surface area contributed by atoms with E-state index in [-0.39, 0.29) is 6.04 Å². The molecule has 0 aliphatic carbocycles. The van der Waals surface area contributed by atoms with Gasteiger partial charge in [-0.1, -0.05) is 6.07 Å². The summed E-state index contributed by atoms with van der Waals surface area (Å²) in [4.78, 5) is 9.77. The maximum Gasteiger partial charge on any atom is 0.171 e. The van der Waals surface area contributed by atoms with Crippen LogP contribution in [0.3, 0.4) is 0 Å². The summed E-state index contributed by atoms with van der Waals surface area (Å²) in [5.74, 6) is 0.827. The fourth-order valence-corrected chi connectivity index (χ4v) is 1.48. The first-order valence-electron chi connectivity index (χ1n) is 4.42. The molecule has 0 amide bonds. The van der Waals surface area contributed by atoms with Crippen LogP contribution in [0.4, 0.5) is 0 Å². The summed E-state index contributed by atoms with van der Waals surface area (Å²) in [6.45, 7) is 2.54. The van der Waals surface area contributed by atoms with E-state index in [1.807, 2.05) is 19.1 Å². The van der Waals surface area contributed by atoms with Crippen LogP contribution in [0.25, 0.3) is 0 Å². The molecule has 13 heavy (non-hydrogen) atoms. The maximum atomic E-state index is 5.71. The summed E-state index contributed by atoms with van der Waals surface area (Å²) in [7, 11) is 0. The van der Waals surface area contributed by atoms with E-state index in [4.69, 9.17) is 15.5 Å². The second-order valence-corrected chi connectivity index (χ2v) is 3.47. The molecule has 0 aromatic heterocycles. The van der Waals surface area contributed by atoms with Crippen molar-refractivity contribution in [2.45, 2.75) is 26.0 Å². The number of benzene rings is 1. The minimum atomic E-state index is 0.196. The van der Waals surface area contributed by atoms with E-state index in [9.17, 15) is 0 Å². The van der Waals surface area contributed by atoms with E-state index >= 15 is 0 Å². The first-order valence-corrected chi connectivity index (χ1v) is 4.42. The molecule has 1 unspecified atom stereocenters. The van der Waals surface area contributed by atoms with Gasteiger partial charge < -0.3 is 10.6 Å². The highest BCUT2D eigenvalue weighted by molar-refractivity contribution is 5.38. The molecule has 0 spiro atoms. The zero-order valence-electron chi connectivity index (χ0n) is 7.62. The largest absolute Gasteiger partial charge is 0.337 e. The highest BCUT2D eigenvalue weighted by Crippen LogP contribution is 2.26. The lowest BCUT2D eigenvalue weighted by Gasteiger charge is -2.05. The average molecular weight is 179 g/mol. The molecule has 2 rings (SSSR count). The second kappa shape index (κ2) is 3.36. The Bertz CT molecular complexity index is 310. The SMILES string of the molecule is CC(N)Cc1ccc2c(c1)COO2. The summed E-state index contributed by atoms with van der Waals surface area (Å²) < 4.78 is 0. The van der Waals surface area contributed by atoms with Crippen molar-refractivity contribution in [3.8, 4) is 5.75 Å². The van der Waals surface area contributed by atoms with Gasteiger partial charge in [0.15, 0.2) is 5.75 Å². The van der Waals surface area contributed by atoms with Crippen molar-refractivity contribution in [2.24, 2.45) is 5.73 Å². The monoisotopic (exact) mass is 179 g/mol. The number of fused-ring (bicyclic) bond motifs is 1. The van der Waals surface area contributed by atoms with E-state index in [1.165, 1.54) is 5.56 Å². The fourth-order valence-electron chi connectivity index (χ4n) is 1.48. The smallest absolute Gasteiger partial charge is 0.171 e. The molecule has 0 saturated heterocycles. The normalized spacial score (nSPS) is 16.5. The van der Waals surface area contributed by atoms with Crippen molar-refractivity contribution >= 4 is 0 Å². The standard InChI is InChI=1S/C10H13NO2/c1-7(11)4-8-2-3-10-9(5-8)6-12-13-10/h2-3,5,7H,4,6,11H2,1H3. The molecule has 0 fully saturated rings. The molecule has 1 aromatic rings. The Hall–Kier alpha value is -1.06. The van der Waals surface area contributed by atoms with Crippen LogP contribution in [-0.4, -0.2) is 6.04 Å². The maximum absolute atomic E-state index is 5.71. The third-order valence-electron chi connectivity index (χ3n) is 2.05. The summed E-state index contributed by atoms with van der Waals surface area (Å²) in [5.41, 5.74) is 8.06. The van der Waals surface area contributed by atoms with Gasteiger partial charge in [0, 0.05) is 11.6 Å². The van der Waals surface area contributed by atoms with E-state index in [2.05, 4.69) is 6.07 Å². The topological polar surface area (TPSA) is 44.5 Å². The van der Waals surface area contributed by atoms with E-state index in [0.29, 0.717) is 6.61 Å². The van der Waals surface area contributed by atoms with Crippen molar-refractivity contribution < 1.29 is 9.78 Å². The Labute approximate surface area is 77.4 Å². The van der Waals surface area contributed by atoms with Crippen molar-refractivity contribution in [1.29, 1.82) is 0 Å². The molecule has 0 saturated carbocycles. The molecule has 0 radical (unpaired) electrons. The van der Waals surface area contributed by atoms with Crippen molar-refractivity contribution in [2.75, 3.05) is 0 Å². The fraction of sp³-hybridized carbons (Fsp3) is 0.400. The Morgan fingerprint density at radius 3 is 3.15 bits per heavy atom. The Balaban J connectivity index is 2.21. The molecular weight excluding hydrogens is 166 g/mol. The van der Waals surface area contributed by atoms with Crippen LogP contribution in [0.1, 0.15) is 18.1 Å². The van der Waals surface area contributed by atoms with Gasteiger partial charge in [-0.25, -0.2) is 0 Å². The minimum Gasteiger partial charge on any atom is -0.337 e. The summed E-state index contributed by atoms with van der Waals surface area (Å²) >= 11 is 0. The minimum absolute atomic E-state index is 0.196. The van der Waals surface area contributed by atoms with Gasteiger partial charge in [-0.15, -0.1) is 0 Å². The molecule has 1 aliphatic rings. The van der Waals surface area contributed by atoms with Crippen LogP contribution >= 0.6 is 0 Å². The lowest BCUT2D eigenvalue weighted by molar-refractivity contribution is -0.194. The molecule has 3 heteroatoms. The molecule has 70 valence electrons. The van der Waals surface area contributed by atoms with Gasteiger partial charge >= 0.3 is 0 Å². The van der Waals surface area contributed by atoms with Gasteiger partial charge in [0.05, 0.1) is 0 Å². The molecule has 1 atom stereocenters. The van der Waals surface area contributed by atoms with Crippen molar-refractivity contribution in [3.63, 3.8) is 0 Å². The molecule has 1 aromatic carbocycles. The van der Waals surface area contributed by atoms with Crippen LogP contribution < -0.4 is 10.6 Å². The van der Waals surface area contributed by atoms with Crippen LogP contribution in [0.5, 0.6) is 5.75 Å². The number of rotatable bonds is 2. The Morgan fingerprint density at radius 1 is 1.54 bits per heavy atom. The summed E-state index contributed by atoms with van der Waals surface area (Å²) in [6.07, 6.45) is 0.896. The lowest BCUT2D eigenvalue weighted by Crippen LogP contribution is -2.17. The van der Waals surface area contributed by atoms with Crippen LogP contribution in [0.2, 0.25) is 0 Å². The van der Waals surface area contributed by atoms with Crippen LogP contribution in [-0.2, 0) is 17.9 Å². The first kappa shape index (κ1) is 8.53. The van der Waals surface area contributed by atoms with Gasteiger partial charge in [0.25, 0.3) is 0 Å². The van der Waals surface area contributed by atoms with Gasteiger partial charge in [-0.05, 0) is 31.0 Å². The number of hydrogen-bond donors (Lipinski definition) is 1. The van der Waals surface area contributed by atoms with E-state index in [0.717, 1.165) is 17.7 Å². The van der Waals surface area contributed by atoms with E-state index < -0.39 is 0 Å². The third kappa shape index (κ3) is 1.82. The zero-order chi connectivity index (χ0) is 9.26. The van der Waals surface area contributed by atoms with Gasteiger partial charge in [0.2, 0.25) is 0 Å². The summed E-state index contributed by atoms with van der Waals surface area (Å²) in [5, 5.41) is 0. The molecular formula is C10H13NO2. The van der Waals surface area contributed by atoms with E-state index in [1.54, 1.807) is 0 Å². The zero-order valence-corrected chi connectivity index (χ0v) is 7.62. The molecule has 0 bridgehead atoms. The van der Waals surface area contributed by atoms with Crippen LogP contribution in [0, 0.1) is 0 Å². The summed E-state index contributed by atoms with van der Waals surface area (Å²) in [6, 6.07) is 6.24. The quantitative estimate of drug-likeness (QED) is 0.698. The highest BCUT2D eigenvalue weighted by atomic mass is 17.2. The lowest BCUT2D eigenvalue weighted by atomic mass is 10.0. The molecule has 1 aliphatic heterocycles. The van der Waals surface area contributed by atoms with Gasteiger partial charge in [-0.3, -0.25) is 0 Å². The molecule has 2 N–H and O–H groups in total. The average Bonchev–Trinajstić information content (AvgIpc) is 2.49.